The van der Waals surface area contributed by atoms with Crippen LogP contribution in [-0.2, 0) is 14.5 Å². The number of hydrogen-bond donors (Lipinski definition) is 0. The highest BCUT2D eigenvalue weighted by Gasteiger charge is 2.68. The van der Waals surface area contributed by atoms with Gasteiger partial charge in [-0.3, -0.25) is 9.59 Å². The largest absolute Gasteiger partial charge is 0.495 e. The van der Waals surface area contributed by atoms with Gasteiger partial charge in [-0.25, -0.2) is 4.90 Å². The van der Waals surface area contributed by atoms with Crippen molar-refractivity contribution in [3.8, 4) is 5.75 Å². The van der Waals surface area contributed by atoms with E-state index in [1.165, 1.54) is 12.0 Å². The quantitative estimate of drug-likeness (QED) is 0.404. The smallest absolute Gasteiger partial charge is 0.240 e. The van der Waals surface area contributed by atoms with Gasteiger partial charge in [-0.15, -0.1) is 11.6 Å². The predicted molar refractivity (Wildman–Crippen MR) is 119 cm³/mol. The number of rotatable bonds is 2. The summed E-state index contributed by atoms with van der Waals surface area (Å²) in [6.45, 7) is 0. The Morgan fingerprint density at radius 2 is 1.52 bits per heavy atom. The summed E-state index contributed by atoms with van der Waals surface area (Å²) in [6, 6.07) is 20.7. The zero-order chi connectivity index (χ0) is 21.5. The first-order valence-corrected chi connectivity index (χ1v) is 10.8. The van der Waals surface area contributed by atoms with Crippen LogP contribution in [0.4, 0.5) is 5.69 Å². The molecule has 0 aromatic heterocycles. The van der Waals surface area contributed by atoms with E-state index in [9.17, 15) is 9.59 Å². The minimum atomic E-state index is -1.11. The standard InChI is InChI=1S/C25H17Cl2NO3/c1-31-19-11-10-13(26)12-18(19)28-23(29)21-20-14-6-2-4-8-16(14)25(27,22(21)24(28)30)17-9-5-3-7-15(17)20/h2-12,20-22H,1H3/t20?,21-,22+,25?/m1/s1. The van der Waals surface area contributed by atoms with Crippen molar-refractivity contribution in [1.29, 1.82) is 0 Å². The van der Waals surface area contributed by atoms with Gasteiger partial charge >= 0.3 is 0 Å². The molecule has 1 saturated heterocycles. The molecule has 1 aliphatic heterocycles. The molecule has 0 unspecified atom stereocenters. The van der Waals surface area contributed by atoms with Gasteiger partial charge in [-0.05, 0) is 40.5 Å². The molecule has 2 atom stereocenters. The fourth-order valence-corrected chi connectivity index (χ4v) is 6.49. The molecule has 4 aliphatic rings. The molecule has 1 fully saturated rings. The van der Waals surface area contributed by atoms with E-state index < -0.39 is 16.7 Å². The number of ether oxygens (including phenoxy) is 1. The molecule has 0 saturated carbocycles. The molecule has 1 heterocycles. The molecule has 31 heavy (non-hydrogen) atoms. The van der Waals surface area contributed by atoms with Crippen LogP contribution in [0.2, 0.25) is 5.02 Å². The number of hydrogen-bond acceptors (Lipinski definition) is 3. The van der Waals surface area contributed by atoms with E-state index in [1.807, 2.05) is 48.5 Å². The first kappa shape index (κ1) is 18.9. The molecule has 2 bridgehead atoms. The van der Waals surface area contributed by atoms with Gasteiger partial charge in [0, 0.05) is 10.9 Å². The maximum Gasteiger partial charge on any atom is 0.240 e. The van der Waals surface area contributed by atoms with E-state index in [0.29, 0.717) is 16.5 Å². The molecule has 154 valence electrons. The number of amides is 2. The molecule has 3 aromatic rings. The van der Waals surface area contributed by atoms with Gasteiger partial charge in [-0.1, -0.05) is 60.1 Å². The summed E-state index contributed by atoms with van der Waals surface area (Å²) < 4.78 is 5.44. The lowest BCUT2D eigenvalue weighted by molar-refractivity contribution is -0.122. The lowest BCUT2D eigenvalue weighted by Gasteiger charge is -2.50. The summed E-state index contributed by atoms with van der Waals surface area (Å²) in [6.07, 6.45) is 0. The summed E-state index contributed by atoms with van der Waals surface area (Å²) in [7, 11) is 1.50. The first-order valence-electron chi connectivity index (χ1n) is 10.1. The average Bonchev–Trinajstić information content (AvgIpc) is 3.05. The SMILES string of the molecule is COc1ccc(Cl)cc1N1C(=O)[C@@H]2C3c4ccccc4C(Cl)(c4ccccc43)[C@@H]2C1=O. The minimum Gasteiger partial charge on any atom is -0.495 e. The number of nitrogens with zero attached hydrogens (tertiary/aromatic N) is 1. The molecule has 0 N–H and O–H groups in total. The van der Waals surface area contributed by atoms with E-state index in [0.717, 1.165) is 22.3 Å². The Hall–Kier alpha value is -2.82. The molecule has 7 rings (SSSR count). The van der Waals surface area contributed by atoms with Crippen molar-refractivity contribution >= 4 is 40.7 Å². The van der Waals surface area contributed by atoms with Gasteiger partial charge in [0.05, 0.1) is 24.6 Å². The van der Waals surface area contributed by atoms with Gasteiger partial charge in [-0.2, -0.15) is 0 Å². The summed E-state index contributed by atoms with van der Waals surface area (Å²) in [5.41, 5.74) is 4.19. The van der Waals surface area contributed by atoms with Crippen molar-refractivity contribution in [2.75, 3.05) is 12.0 Å². The number of carbonyl (C=O) groups is 2. The van der Waals surface area contributed by atoms with E-state index >= 15 is 0 Å². The zero-order valence-corrected chi connectivity index (χ0v) is 18.0. The highest BCUT2D eigenvalue weighted by Crippen LogP contribution is 2.66. The third-order valence-corrected chi connectivity index (χ3v) is 7.77. The van der Waals surface area contributed by atoms with Crippen LogP contribution >= 0.6 is 23.2 Å². The Balaban J connectivity index is 1.62. The van der Waals surface area contributed by atoms with Crippen LogP contribution in [0.3, 0.4) is 0 Å². The predicted octanol–water partition coefficient (Wildman–Crippen LogP) is 5.10. The van der Waals surface area contributed by atoms with Crippen LogP contribution in [0.15, 0.2) is 66.7 Å². The summed E-state index contributed by atoms with van der Waals surface area (Å²) in [5.74, 6) is -1.70. The monoisotopic (exact) mass is 449 g/mol. The molecule has 4 nitrogen and oxygen atoms in total. The maximum atomic E-state index is 13.9. The third kappa shape index (κ3) is 2.22. The minimum absolute atomic E-state index is 0.232. The molecule has 2 amide bonds. The lowest BCUT2D eigenvalue weighted by Crippen LogP contribution is -2.50. The fourth-order valence-electron chi connectivity index (χ4n) is 5.75. The van der Waals surface area contributed by atoms with Gasteiger partial charge in [0.1, 0.15) is 10.6 Å². The van der Waals surface area contributed by atoms with Crippen LogP contribution in [-0.4, -0.2) is 18.9 Å². The third-order valence-electron chi connectivity index (χ3n) is 6.90. The number of carbonyl (C=O) groups excluding carboxylic acids is 2. The maximum absolute atomic E-state index is 13.9. The van der Waals surface area contributed by atoms with Gasteiger partial charge in [0.2, 0.25) is 11.8 Å². The van der Waals surface area contributed by atoms with Crippen LogP contribution in [0.5, 0.6) is 5.75 Å². The molecule has 0 radical (unpaired) electrons. The Morgan fingerprint density at radius 1 is 0.903 bits per heavy atom. The molecular weight excluding hydrogens is 433 g/mol. The van der Waals surface area contributed by atoms with Crippen molar-refractivity contribution in [2.24, 2.45) is 11.8 Å². The van der Waals surface area contributed by atoms with E-state index in [1.54, 1.807) is 18.2 Å². The van der Waals surface area contributed by atoms with Crippen LogP contribution < -0.4 is 9.64 Å². The first-order chi connectivity index (χ1) is 15.0. The summed E-state index contributed by atoms with van der Waals surface area (Å²) >= 11 is 13.6. The number of benzene rings is 3. The second-order valence-electron chi connectivity index (χ2n) is 8.20. The Labute approximate surface area is 189 Å². The Morgan fingerprint density at radius 3 is 2.13 bits per heavy atom. The van der Waals surface area contributed by atoms with E-state index in [-0.39, 0.29) is 17.7 Å². The van der Waals surface area contributed by atoms with Crippen LogP contribution in [0.25, 0.3) is 0 Å². The fraction of sp³-hybridized carbons (Fsp3) is 0.200. The van der Waals surface area contributed by atoms with E-state index in [2.05, 4.69) is 0 Å². The topological polar surface area (TPSA) is 46.6 Å². The van der Waals surface area contributed by atoms with Crippen molar-refractivity contribution in [3.05, 3.63) is 94.0 Å². The highest BCUT2D eigenvalue weighted by molar-refractivity contribution is 6.34. The normalized spacial score (nSPS) is 27.7. The second-order valence-corrected chi connectivity index (χ2v) is 9.23. The number of methoxy groups -OCH3 is 1. The molecule has 3 aliphatic carbocycles. The second kappa shape index (κ2) is 6.35. The lowest BCUT2D eigenvalue weighted by atomic mass is 9.54. The number of halogens is 2. The molecule has 0 spiro atoms. The van der Waals surface area contributed by atoms with Crippen molar-refractivity contribution in [2.45, 2.75) is 10.8 Å². The molecular formula is C25H17Cl2NO3. The van der Waals surface area contributed by atoms with E-state index in [4.69, 9.17) is 27.9 Å². The van der Waals surface area contributed by atoms with Crippen molar-refractivity contribution < 1.29 is 14.3 Å². The number of alkyl halides is 1. The number of imide groups is 1. The summed E-state index contributed by atoms with van der Waals surface area (Å²) in [5, 5.41) is 0.418. The van der Waals surface area contributed by atoms with Gasteiger partial charge in [0.15, 0.2) is 0 Å². The highest BCUT2D eigenvalue weighted by atomic mass is 35.5. The summed E-state index contributed by atoms with van der Waals surface area (Å²) in [4.78, 5) is 27.8. The average molecular weight is 450 g/mol. The van der Waals surface area contributed by atoms with Crippen molar-refractivity contribution in [3.63, 3.8) is 0 Å². The molecule has 3 aromatic carbocycles. The van der Waals surface area contributed by atoms with Gasteiger partial charge in [0.25, 0.3) is 0 Å². The van der Waals surface area contributed by atoms with Gasteiger partial charge < -0.3 is 4.74 Å². The Bertz CT molecular complexity index is 1240. The molecule has 6 heteroatoms. The number of anilines is 1. The van der Waals surface area contributed by atoms with Crippen LogP contribution in [0, 0.1) is 11.8 Å². The zero-order valence-electron chi connectivity index (χ0n) is 16.5. The van der Waals surface area contributed by atoms with Crippen LogP contribution in [0.1, 0.15) is 28.2 Å². The van der Waals surface area contributed by atoms with Crippen molar-refractivity contribution in [1.82, 2.24) is 0 Å². The Kier molecular flexibility index (Phi) is 3.87.